The normalized spacial score (nSPS) is 27.6. The first kappa shape index (κ1) is 14.2. The molecule has 3 atom stereocenters. The van der Waals surface area contributed by atoms with E-state index in [2.05, 4.69) is 0 Å². The minimum Gasteiger partial charge on any atom is -0.337 e. The van der Waals surface area contributed by atoms with E-state index in [-0.39, 0.29) is 17.8 Å². The van der Waals surface area contributed by atoms with Gasteiger partial charge in [0.2, 0.25) is 0 Å². The number of nitrogens with zero attached hydrogens (tertiary/aromatic N) is 1. The van der Waals surface area contributed by atoms with Crippen LogP contribution in [0.15, 0.2) is 18.2 Å². The van der Waals surface area contributed by atoms with Gasteiger partial charge in [0, 0.05) is 29.2 Å². The Kier molecular flexibility index (Phi) is 3.24. The van der Waals surface area contributed by atoms with Crippen LogP contribution in [0, 0.1) is 24.6 Å². The van der Waals surface area contributed by atoms with Crippen molar-refractivity contribution in [3.05, 3.63) is 34.5 Å². The molecule has 2 fully saturated rings. The largest absolute Gasteiger partial charge is 0.337 e. The first-order valence-electron chi connectivity index (χ1n) is 7.78. The van der Waals surface area contributed by atoms with Gasteiger partial charge in [0.1, 0.15) is 5.82 Å². The molecule has 3 unspecified atom stereocenters. The third-order valence-corrected chi connectivity index (χ3v) is 6.54. The number of amides is 1. The van der Waals surface area contributed by atoms with Gasteiger partial charge in [-0.15, -0.1) is 11.3 Å². The van der Waals surface area contributed by atoms with Gasteiger partial charge < -0.3 is 10.6 Å². The molecule has 5 heteroatoms. The molecule has 1 amide bonds. The van der Waals surface area contributed by atoms with Gasteiger partial charge in [-0.1, -0.05) is 6.07 Å². The Morgan fingerprint density at radius 2 is 2.18 bits per heavy atom. The maximum atomic E-state index is 14.0. The third kappa shape index (κ3) is 1.99. The molecule has 1 aromatic heterocycles. The highest BCUT2D eigenvalue weighted by atomic mass is 32.1. The van der Waals surface area contributed by atoms with E-state index in [0.717, 1.165) is 36.2 Å². The van der Waals surface area contributed by atoms with Gasteiger partial charge in [-0.3, -0.25) is 4.79 Å². The number of likely N-dealkylation sites (tertiary alicyclic amines) is 1. The number of hydrogen-bond acceptors (Lipinski definition) is 3. The summed E-state index contributed by atoms with van der Waals surface area (Å²) in [6.07, 6.45) is 2.19. The Bertz CT molecular complexity index is 756. The van der Waals surface area contributed by atoms with E-state index in [1.165, 1.54) is 17.4 Å². The van der Waals surface area contributed by atoms with E-state index in [9.17, 15) is 9.18 Å². The molecule has 1 aromatic carbocycles. The summed E-state index contributed by atoms with van der Waals surface area (Å²) in [5.74, 6) is 0.783. The predicted octanol–water partition coefficient (Wildman–Crippen LogP) is 3.16. The molecular formula is C17H19FN2OS. The van der Waals surface area contributed by atoms with E-state index in [4.69, 9.17) is 5.73 Å². The molecule has 22 heavy (non-hydrogen) atoms. The fraction of sp³-hybridized carbons (Fsp3) is 0.471. The van der Waals surface area contributed by atoms with E-state index >= 15 is 0 Å². The fourth-order valence-electron chi connectivity index (χ4n) is 4.07. The molecule has 0 radical (unpaired) electrons. The number of fused-ring (bicyclic) bond motifs is 2. The van der Waals surface area contributed by atoms with Crippen molar-refractivity contribution in [2.45, 2.75) is 25.8 Å². The zero-order valence-electron chi connectivity index (χ0n) is 12.5. The number of rotatable bonds is 1. The maximum Gasteiger partial charge on any atom is 0.264 e. The second kappa shape index (κ2) is 5.03. The smallest absolute Gasteiger partial charge is 0.264 e. The van der Waals surface area contributed by atoms with E-state index in [1.807, 2.05) is 17.9 Å². The number of hydrogen-bond donors (Lipinski definition) is 1. The van der Waals surface area contributed by atoms with Crippen molar-refractivity contribution in [1.29, 1.82) is 0 Å². The lowest BCUT2D eigenvalue weighted by Gasteiger charge is -2.18. The molecule has 1 saturated heterocycles. The summed E-state index contributed by atoms with van der Waals surface area (Å²) in [6, 6.07) is 5.25. The Morgan fingerprint density at radius 1 is 1.36 bits per heavy atom. The molecule has 1 aliphatic heterocycles. The SMILES string of the molecule is Cc1c(C(=O)N2CC3CCC(N)C3C2)sc2cccc(F)c12. The second-order valence-corrected chi connectivity index (χ2v) is 7.60. The van der Waals surface area contributed by atoms with Crippen LogP contribution in [0.25, 0.3) is 10.1 Å². The van der Waals surface area contributed by atoms with Crippen LogP contribution in [0.3, 0.4) is 0 Å². The first-order chi connectivity index (χ1) is 10.6. The highest BCUT2D eigenvalue weighted by Gasteiger charge is 2.43. The van der Waals surface area contributed by atoms with Gasteiger partial charge in [0.15, 0.2) is 0 Å². The topological polar surface area (TPSA) is 46.3 Å². The van der Waals surface area contributed by atoms with Crippen LogP contribution in [0.5, 0.6) is 0 Å². The second-order valence-electron chi connectivity index (χ2n) is 6.54. The fourth-order valence-corrected chi connectivity index (χ4v) is 5.27. The molecule has 2 aliphatic rings. The monoisotopic (exact) mass is 318 g/mol. The third-order valence-electron chi connectivity index (χ3n) is 5.30. The molecular weight excluding hydrogens is 299 g/mol. The number of thiophene rings is 1. The minimum atomic E-state index is -0.245. The highest BCUT2D eigenvalue weighted by molar-refractivity contribution is 7.21. The van der Waals surface area contributed by atoms with Crippen LogP contribution in [0.1, 0.15) is 28.1 Å². The van der Waals surface area contributed by atoms with Crippen molar-refractivity contribution < 1.29 is 9.18 Å². The van der Waals surface area contributed by atoms with Crippen LogP contribution in [-0.2, 0) is 0 Å². The van der Waals surface area contributed by atoms with Crippen molar-refractivity contribution in [2.75, 3.05) is 13.1 Å². The van der Waals surface area contributed by atoms with Crippen LogP contribution in [0.4, 0.5) is 4.39 Å². The molecule has 0 spiro atoms. The first-order valence-corrected chi connectivity index (χ1v) is 8.60. The molecule has 2 N–H and O–H groups in total. The molecule has 3 nitrogen and oxygen atoms in total. The predicted molar refractivity (Wildman–Crippen MR) is 86.6 cm³/mol. The summed E-state index contributed by atoms with van der Waals surface area (Å²) in [6.45, 7) is 3.39. The van der Waals surface area contributed by atoms with Crippen LogP contribution >= 0.6 is 11.3 Å². The molecule has 1 aliphatic carbocycles. The van der Waals surface area contributed by atoms with Gasteiger partial charge in [0.05, 0.1) is 4.88 Å². The summed E-state index contributed by atoms with van der Waals surface area (Å²) >= 11 is 1.40. The standard InChI is InChI=1S/C17H19FN2OS/c1-9-15-12(18)3-2-4-14(15)22-16(9)17(21)20-7-10-5-6-13(19)11(10)8-20/h2-4,10-11,13H,5-8,19H2,1H3. The van der Waals surface area contributed by atoms with Crippen LogP contribution in [0.2, 0.25) is 0 Å². The highest BCUT2D eigenvalue weighted by Crippen LogP contribution is 2.39. The number of aryl methyl sites for hydroxylation is 1. The molecule has 4 rings (SSSR count). The number of nitrogens with two attached hydrogens (primary N) is 1. The van der Waals surface area contributed by atoms with Gasteiger partial charge in [0.25, 0.3) is 5.91 Å². The van der Waals surface area contributed by atoms with Crippen molar-refractivity contribution >= 4 is 27.3 Å². The van der Waals surface area contributed by atoms with Gasteiger partial charge in [-0.2, -0.15) is 0 Å². The minimum absolute atomic E-state index is 0.0414. The summed E-state index contributed by atoms with van der Waals surface area (Å²) < 4.78 is 14.8. The van der Waals surface area contributed by atoms with Crippen molar-refractivity contribution in [3.63, 3.8) is 0 Å². The van der Waals surface area contributed by atoms with Gasteiger partial charge in [-0.05, 0) is 49.3 Å². The quantitative estimate of drug-likeness (QED) is 0.878. The number of benzene rings is 1. The van der Waals surface area contributed by atoms with Gasteiger partial charge in [-0.25, -0.2) is 4.39 Å². The molecule has 2 heterocycles. The van der Waals surface area contributed by atoms with E-state index in [1.54, 1.807) is 6.07 Å². The average molecular weight is 318 g/mol. The lowest BCUT2D eigenvalue weighted by Crippen LogP contribution is -2.33. The summed E-state index contributed by atoms with van der Waals surface area (Å²) in [5.41, 5.74) is 6.92. The number of halogens is 1. The lowest BCUT2D eigenvalue weighted by molar-refractivity contribution is 0.0784. The van der Waals surface area contributed by atoms with Gasteiger partial charge >= 0.3 is 0 Å². The summed E-state index contributed by atoms with van der Waals surface area (Å²) in [4.78, 5) is 15.5. The number of carbonyl (C=O) groups is 1. The zero-order valence-corrected chi connectivity index (χ0v) is 13.3. The van der Waals surface area contributed by atoms with Crippen molar-refractivity contribution in [2.24, 2.45) is 17.6 Å². The van der Waals surface area contributed by atoms with E-state index < -0.39 is 0 Å². The average Bonchev–Trinajstić information content (AvgIpc) is 3.15. The van der Waals surface area contributed by atoms with Crippen LogP contribution < -0.4 is 5.73 Å². The molecule has 1 saturated carbocycles. The van der Waals surface area contributed by atoms with E-state index in [0.29, 0.717) is 22.1 Å². The lowest BCUT2D eigenvalue weighted by atomic mass is 9.98. The number of carbonyl (C=O) groups excluding carboxylic acids is 1. The van der Waals surface area contributed by atoms with Crippen molar-refractivity contribution in [3.8, 4) is 0 Å². The summed E-state index contributed by atoms with van der Waals surface area (Å²) in [7, 11) is 0. The molecule has 0 bridgehead atoms. The molecule has 2 aromatic rings. The summed E-state index contributed by atoms with van der Waals surface area (Å²) in [5, 5.41) is 0.590. The Balaban J connectivity index is 1.67. The maximum absolute atomic E-state index is 14.0. The Morgan fingerprint density at radius 3 is 2.91 bits per heavy atom. The van der Waals surface area contributed by atoms with Crippen molar-refractivity contribution in [1.82, 2.24) is 4.90 Å². The Labute approximate surface area is 132 Å². The molecule has 116 valence electrons. The Hall–Kier alpha value is -1.46. The zero-order chi connectivity index (χ0) is 15.4. The van der Waals surface area contributed by atoms with Crippen LogP contribution in [-0.4, -0.2) is 29.9 Å².